The van der Waals surface area contributed by atoms with E-state index in [1.165, 1.54) is 34.0 Å². The van der Waals surface area contributed by atoms with Crippen molar-refractivity contribution >= 4 is 22.9 Å². The number of aromatic nitrogens is 1. The van der Waals surface area contributed by atoms with Crippen molar-refractivity contribution in [1.29, 1.82) is 0 Å². The zero-order valence-electron chi connectivity index (χ0n) is 12.4. The van der Waals surface area contributed by atoms with Crippen LogP contribution >= 0.6 is 22.9 Å². The van der Waals surface area contributed by atoms with Crippen molar-refractivity contribution in [3.63, 3.8) is 0 Å². The van der Waals surface area contributed by atoms with Gasteiger partial charge in [0.2, 0.25) is 0 Å². The zero-order valence-corrected chi connectivity index (χ0v) is 13.9. The van der Waals surface area contributed by atoms with E-state index in [1.54, 1.807) is 0 Å². The highest BCUT2D eigenvalue weighted by atomic mass is 35.5. The third-order valence-corrected chi connectivity index (χ3v) is 5.02. The summed E-state index contributed by atoms with van der Waals surface area (Å²) in [6, 6.07) is 8.83. The van der Waals surface area contributed by atoms with Crippen LogP contribution in [-0.2, 0) is 19.4 Å². The van der Waals surface area contributed by atoms with Crippen molar-refractivity contribution in [3.05, 3.63) is 50.4 Å². The number of thiazole rings is 1. The first-order valence-electron chi connectivity index (χ1n) is 7.70. The molecule has 0 saturated heterocycles. The molecule has 1 aliphatic rings. The average Bonchev–Trinajstić information content (AvgIpc) is 3.20. The van der Waals surface area contributed by atoms with Crippen LogP contribution in [0.25, 0.3) is 0 Å². The lowest BCUT2D eigenvalue weighted by Gasteiger charge is -2.01. The van der Waals surface area contributed by atoms with Gasteiger partial charge in [-0.25, -0.2) is 4.98 Å². The fourth-order valence-corrected chi connectivity index (χ4v) is 3.74. The van der Waals surface area contributed by atoms with Gasteiger partial charge >= 0.3 is 0 Å². The highest BCUT2D eigenvalue weighted by molar-refractivity contribution is 7.11. The molecule has 0 atom stereocenters. The number of hydrogen-bond acceptors (Lipinski definition) is 3. The molecule has 21 heavy (non-hydrogen) atoms. The number of aryl methyl sites for hydroxylation is 1. The Bertz CT molecular complexity index is 605. The molecule has 1 aromatic heterocycles. The molecule has 2 nitrogen and oxygen atoms in total. The Morgan fingerprint density at radius 1 is 1.38 bits per heavy atom. The number of rotatable bonds is 7. The maximum absolute atomic E-state index is 6.06. The molecule has 1 fully saturated rings. The number of nitrogens with zero attached hydrogens (tertiary/aromatic N) is 1. The minimum atomic E-state index is 0.748. The van der Waals surface area contributed by atoms with E-state index >= 15 is 0 Å². The topological polar surface area (TPSA) is 24.9 Å². The van der Waals surface area contributed by atoms with Crippen LogP contribution in [0.2, 0.25) is 5.02 Å². The van der Waals surface area contributed by atoms with E-state index in [9.17, 15) is 0 Å². The average molecular weight is 321 g/mol. The van der Waals surface area contributed by atoms with Gasteiger partial charge in [0, 0.05) is 28.9 Å². The summed E-state index contributed by atoms with van der Waals surface area (Å²) in [4.78, 5) is 6.28. The molecule has 3 rings (SSSR count). The summed E-state index contributed by atoms with van der Waals surface area (Å²) in [5, 5.41) is 5.61. The second kappa shape index (κ2) is 6.91. The molecule has 0 unspecified atom stereocenters. The van der Waals surface area contributed by atoms with E-state index in [-0.39, 0.29) is 0 Å². The van der Waals surface area contributed by atoms with Crippen LogP contribution in [0.15, 0.2) is 24.3 Å². The molecule has 2 aromatic rings. The summed E-state index contributed by atoms with van der Waals surface area (Å²) < 4.78 is 0. The standard InChI is InChI=1S/C17H21ClN2S/c1-2-4-15-16(11-19-14-7-8-14)21-17(20-15)10-12-5-3-6-13(18)9-12/h3,5-6,9,14,19H,2,4,7-8,10-11H2,1H3. The summed E-state index contributed by atoms with van der Waals surface area (Å²) in [5.41, 5.74) is 2.52. The molecule has 0 aliphatic heterocycles. The molecule has 112 valence electrons. The molecular weight excluding hydrogens is 300 g/mol. The number of hydrogen-bond donors (Lipinski definition) is 1. The first kappa shape index (κ1) is 15.0. The lowest BCUT2D eigenvalue weighted by atomic mass is 10.1. The van der Waals surface area contributed by atoms with Crippen LogP contribution in [0, 0.1) is 0 Å². The number of benzene rings is 1. The molecule has 1 saturated carbocycles. The monoisotopic (exact) mass is 320 g/mol. The largest absolute Gasteiger partial charge is 0.309 e. The van der Waals surface area contributed by atoms with E-state index in [4.69, 9.17) is 16.6 Å². The van der Waals surface area contributed by atoms with Gasteiger partial charge in [-0.2, -0.15) is 0 Å². The first-order chi connectivity index (χ1) is 10.2. The third kappa shape index (κ3) is 4.29. The van der Waals surface area contributed by atoms with Gasteiger partial charge in [0.05, 0.1) is 10.7 Å². The normalized spacial score (nSPS) is 14.6. The Kier molecular flexibility index (Phi) is 4.94. The third-order valence-electron chi connectivity index (χ3n) is 3.68. The van der Waals surface area contributed by atoms with Crippen molar-refractivity contribution < 1.29 is 0 Å². The highest BCUT2D eigenvalue weighted by Gasteiger charge is 2.21. The Hall–Kier alpha value is -0.900. The van der Waals surface area contributed by atoms with Crippen LogP contribution in [-0.4, -0.2) is 11.0 Å². The molecular formula is C17H21ClN2S. The van der Waals surface area contributed by atoms with Crippen LogP contribution in [0.5, 0.6) is 0 Å². The lowest BCUT2D eigenvalue weighted by molar-refractivity contribution is 0.686. The maximum atomic E-state index is 6.06. The fourth-order valence-electron chi connectivity index (χ4n) is 2.43. The van der Waals surface area contributed by atoms with Crippen LogP contribution in [0.4, 0.5) is 0 Å². The van der Waals surface area contributed by atoms with Crippen LogP contribution in [0.1, 0.15) is 47.3 Å². The van der Waals surface area contributed by atoms with E-state index in [0.29, 0.717) is 0 Å². The Labute approximate surface area is 135 Å². The minimum Gasteiger partial charge on any atom is -0.309 e. The summed E-state index contributed by atoms with van der Waals surface area (Å²) >= 11 is 7.91. The highest BCUT2D eigenvalue weighted by Crippen LogP contribution is 2.25. The molecule has 1 aromatic carbocycles. The van der Waals surface area contributed by atoms with Gasteiger partial charge in [-0.05, 0) is 37.0 Å². The SMILES string of the molecule is CCCc1nc(Cc2cccc(Cl)c2)sc1CNC1CC1. The molecule has 1 heterocycles. The van der Waals surface area contributed by atoms with Crippen molar-refractivity contribution in [1.82, 2.24) is 10.3 Å². The van der Waals surface area contributed by atoms with Gasteiger partial charge in [-0.15, -0.1) is 11.3 Å². The number of nitrogens with one attached hydrogen (secondary N) is 1. The van der Waals surface area contributed by atoms with E-state index < -0.39 is 0 Å². The first-order valence-corrected chi connectivity index (χ1v) is 8.89. The minimum absolute atomic E-state index is 0.748. The van der Waals surface area contributed by atoms with Gasteiger partial charge < -0.3 is 5.32 Å². The maximum Gasteiger partial charge on any atom is 0.0975 e. The Morgan fingerprint density at radius 3 is 2.95 bits per heavy atom. The van der Waals surface area contributed by atoms with Crippen molar-refractivity contribution in [2.24, 2.45) is 0 Å². The summed E-state index contributed by atoms with van der Waals surface area (Å²) in [6.45, 7) is 3.20. The molecule has 1 aliphatic carbocycles. The summed E-state index contributed by atoms with van der Waals surface area (Å²) in [6.07, 6.45) is 5.77. The predicted molar refractivity (Wildman–Crippen MR) is 90.2 cm³/mol. The molecule has 0 spiro atoms. The van der Waals surface area contributed by atoms with E-state index in [2.05, 4.69) is 18.3 Å². The molecule has 0 radical (unpaired) electrons. The van der Waals surface area contributed by atoms with Crippen molar-refractivity contribution in [3.8, 4) is 0 Å². The van der Waals surface area contributed by atoms with E-state index in [0.717, 1.165) is 36.9 Å². The molecule has 0 bridgehead atoms. The van der Waals surface area contributed by atoms with Gasteiger partial charge in [0.15, 0.2) is 0 Å². The quantitative estimate of drug-likeness (QED) is 0.807. The smallest absolute Gasteiger partial charge is 0.0975 e. The second-order valence-electron chi connectivity index (χ2n) is 5.69. The zero-order chi connectivity index (χ0) is 14.7. The molecule has 0 amide bonds. The fraction of sp³-hybridized carbons (Fsp3) is 0.471. The second-order valence-corrected chi connectivity index (χ2v) is 7.29. The van der Waals surface area contributed by atoms with Gasteiger partial charge in [-0.1, -0.05) is 37.1 Å². The van der Waals surface area contributed by atoms with Gasteiger partial charge in [0.25, 0.3) is 0 Å². The molecule has 1 N–H and O–H groups in total. The van der Waals surface area contributed by atoms with Crippen molar-refractivity contribution in [2.45, 2.75) is 51.6 Å². The van der Waals surface area contributed by atoms with Crippen LogP contribution in [0.3, 0.4) is 0 Å². The van der Waals surface area contributed by atoms with Crippen molar-refractivity contribution in [2.75, 3.05) is 0 Å². The summed E-state index contributed by atoms with van der Waals surface area (Å²) in [7, 11) is 0. The number of halogens is 1. The Morgan fingerprint density at radius 2 is 2.24 bits per heavy atom. The van der Waals surface area contributed by atoms with Gasteiger partial charge in [0.1, 0.15) is 0 Å². The van der Waals surface area contributed by atoms with Gasteiger partial charge in [-0.3, -0.25) is 0 Å². The molecule has 4 heteroatoms. The van der Waals surface area contributed by atoms with Crippen LogP contribution < -0.4 is 5.32 Å². The van der Waals surface area contributed by atoms with E-state index in [1.807, 2.05) is 29.5 Å². The Balaban J connectivity index is 1.73. The lowest BCUT2D eigenvalue weighted by Crippen LogP contribution is -2.15. The predicted octanol–water partition coefficient (Wildman–Crippen LogP) is 4.59. The summed E-state index contributed by atoms with van der Waals surface area (Å²) in [5.74, 6) is 0.